The molecular weight excluding hydrogens is 227 g/mol. The molecule has 4 heteroatoms. The molecule has 1 unspecified atom stereocenters. The summed E-state index contributed by atoms with van der Waals surface area (Å²) in [5, 5.41) is 3.29. The monoisotopic (exact) mass is 243 g/mol. The topological polar surface area (TPSA) is 12.0 Å². The van der Waals surface area contributed by atoms with Crippen molar-refractivity contribution in [3.8, 4) is 0 Å². The van der Waals surface area contributed by atoms with E-state index < -0.39 is 17.8 Å². The van der Waals surface area contributed by atoms with E-state index in [0.717, 1.165) is 31.9 Å². The predicted molar refractivity (Wildman–Crippen MR) is 60.7 cm³/mol. The fourth-order valence-corrected chi connectivity index (χ4v) is 2.37. The highest BCUT2D eigenvalue weighted by molar-refractivity contribution is 5.30. The minimum Gasteiger partial charge on any atom is -0.314 e. The predicted octanol–water partition coefficient (Wildman–Crippen LogP) is 3.45. The molecule has 0 aromatic heterocycles. The van der Waals surface area contributed by atoms with Crippen LogP contribution in [-0.4, -0.2) is 12.6 Å². The van der Waals surface area contributed by atoms with Crippen LogP contribution < -0.4 is 5.32 Å². The Bertz CT molecular complexity index is 373. The summed E-state index contributed by atoms with van der Waals surface area (Å²) < 4.78 is 38.9. The summed E-state index contributed by atoms with van der Waals surface area (Å²) in [4.78, 5) is 0. The molecule has 0 bridgehead atoms. The smallest absolute Gasteiger partial charge is 0.266 e. The molecule has 1 nitrogen and oxygen atoms in total. The molecule has 0 spiro atoms. The first-order valence-electron chi connectivity index (χ1n) is 5.97. The van der Waals surface area contributed by atoms with Gasteiger partial charge in [0.25, 0.3) is 6.43 Å². The summed E-state index contributed by atoms with van der Waals surface area (Å²) in [5.74, 6) is -0.798. The lowest BCUT2D eigenvalue weighted by Crippen LogP contribution is -2.35. The third-order valence-electron chi connectivity index (χ3n) is 3.24. The Labute approximate surface area is 99.0 Å². The van der Waals surface area contributed by atoms with Crippen molar-refractivity contribution in [2.24, 2.45) is 0 Å². The van der Waals surface area contributed by atoms with Crippen LogP contribution in [0.15, 0.2) is 18.2 Å². The molecule has 94 valence electrons. The maximum absolute atomic E-state index is 13.4. The summed E-state index contributed by atoms with van der Waals surface area (Å²) in [5.41, 5.74) is -0.000673. The molecule has 1 heterocycles. The number of halogens is 3. The normalized spacial score (nSPS) is 20.8. The van der Waals surface area contributed by atoms with E-state index in [1.54, 1.807) is 6.07 Å². The van der Waals surface area contributed by atoms with E-state index in [1.165, 1.54) is 6.07 Å². The van der Waals surface area contributed by atoms with Crippen LogP contribution in [0, 0.1) is 5.82 Å². The van der Waals surface area contributed by atoms with Gasteiger partial charge in [0.05, 0.1) is 5.56 Å². The molecule has 17 heavy (non-hydrogen) atoms. The van der Waals surface area contributed by atoms with Crippen LogP contribution in [-0.2, 0) is 6.42 Å². The Morgan fingerprint density at radius 1 is 1.29 bits per heavy atom. The van der Waals surface area contributed by atoms with Crippen molar-refractivity contribution in [3.05, 3.63) is 35.1 Å². The van der Waals surface area contributed by atoms with Crippen LogP contribution >= 0.6 is 0 Å². The SMILES string of the molecule is Fc1cccc(CC2CCCCN2)c1C(F)F. The van der Waals surface area contributed by atoms with E-state index in [9.17, 15) is 13.2 Å². The van der Waals surface area contributed by atoms with E-state index in [1.807, 2.05) is 0 Å². The summed E-state index contributed by atoms with van der Waals surface area (Å²) in [6, 6.07) is 4.39. The van der Waals surface area contributed by atoms with Gasteiger partial charge in [-0.3, -0.25) is 0 Å². The fraction of sp³-hybridized carbons (Fsp3) is 0.538. The van der Waals surface area contributed by atoms with Crippen molar-refractivity contribution < 1.29 is 13.2 Å². The van der Waals surface area contributed by atoms with Gasteiger partial charge in [-0.1, -0.05) is 18.6 Å². The lowest BCUT2D eigenvalue weighted by molar-refractivity contribution is 0.144. The van der Waals surface area contributed by atoms with Gasteiger partial charge >= 0.3 is 0 Å². The molecule has 0 amide bonds. The van der Waals surface area contributed by atoms with Gasteiger partial charge in [-0.15, -0.1) is 0 Å². The average molecular weight is 243 g/mol. The van der Waals surface area contributed by atoms with Gasteiger partial charge in [0.15, 0.2) is 0 Å². The second-order valence-electron chi connectivity index (χ2n) is 4.46. The molecule has 1 aromatic carbocycles. The van der Waals surface area contributed by atoms with E-state index in [0.29, 0.717) is 12.0 Å². The third-order valence-corrected chi connectivity index (χ3v) is 3.24. The molecular formula is C13H16F3N. The van der Waals surface area contributed by atoms with Crippen molar-refractivity contribution in [3.63, 3.8) is 0 Å². The molecule has 0 aliphatic carbocycles. The molecule has 1 N–H and O–H groups in total. The Hall–Kier alpha value is -1.03. The number of rotatable bonds is 3. The average Bonchev–Trinajstić information content (AvgIpc) is 2.30. The zero-order chi connectivity index (χ0) is 12.3. The first-order chi connectivity index (χ1) is 8.18. The maximum Gasteiger partial charge on any atom is 0.266 e. The standard InChI is InChI=1S/C13H16F3N/c14-11-6-3-4-9(12(11)13(15)16)8-10-5-1-2-7-17-10/h3-4,6,10,13,17H,1-2,5,7-8H2. The first kappa shape index (κ1) is 12.4. The molecule has 1 atom stereocenters. The Morgan fingerprint density at radius 2 is 2.12 bits per heavy atom. The number of nitrogens with one attached hydrogen (secondary N) is 1. The Balaban J connectivity index is 2.16. The maximum atomic E-state index is 13.4. The second-order valence-corrected chi connectivity index (χ2v) is 4.46. The van der Waals surface area contributed by atoms with Gasteiger partial charge < -0.3 is 5.32 Å². The van der Waals surface area contributed by atoms with Gasteiger partial charge in [0, 0.05) is 6.04 Å². The van der Waals surface area contributed by atoms with E-state index in [-0.39, 0.29) is 6.04 Å². The van der Waals surface area contributed by atoms with Gasteiger partial charge in [-0.05, 0) is 37.4 Å². The van der Waals surface area contributed by atoms with Crippen LogP contribution in [0.4, 0.5) is 13.2 Å². The minimum absolute atomic E-state index is 0.197. The van der Waals surface area contributed by atoms with Crippen molar-refractivity contribution >= 4 is 0 Å². The van der Waals surface area contributed by atoms with Crippen LogP contribution in [0.2, 0.25) is 0 Å². The molecule has 2 rings (SSSR count). The third kappa shape index (κ3) is 3.00. The van der Waals surface area contributed by atoms with Crippen molar-refractivity contribution in [2.75, 3.05) is 6.54 Å². The molecule has 1 aromatic rings. The summed E-state index contributed by atoms with van der Waals surface area (Å²) in [7, 11) is 0. The molecule has 1 aliphatic rings. The summed E-state index contributed by atoms with van der Waals surface area (Å²) in [6.07, 6.45) is 0.949. The quantitative estimate of drug-likeness (QED) is 0.857. The van der Waals surface area contributed by atoms with Crippen molar-refractivity contribution in [2.45, 2.75) is 38.2 Å². The van der Waals surface area contributed by atoms with Crippen molar-refractivity contribution in [1.29, 1.82) is 0 Å². The summed E-state index contributed by atoms with van der Waals surface area (Å²) >= 11 is 0. The molecule has 0 saturated carbocycles. The van der Waals surface area contributed by atoms with E-state index in [4.69, 9.17) is 0 Å². The molecule has 1 saturated heterocycles. The van der Waals surface area contributed by atoms with E-state index in [2.05, 4.69) is 5.32 Å². The number of benzene rings is 1. The van der Waals surface area contributed by atoms with Gasteiger partial charge in [0.2, 0.25) is 0 Å². The zero-order valence-electron chi connectivity index (χ0n) is 9.56. The molecule has 0 radical (unpaired) electrons. The van der Waals surface area contributed by atoms with Crippen molar-refractivity contribution in [1.82, 2.24) is 5.32 Å². The van der Waals surface area contributed by atoms with Gasteiger partial charge in [-0.25, -0.2) is 13.2 Å². The zero-order valence-corrected chi connectivity index (χ0v) is 9.56. The number of hydrogen-bond donors (Lipinski definition) is 1. The number of alkyl halides is 2. The second kappa shape index (κ2) is 5.54. The largest absolute Gasteiger partial charge is 0.314 e. The van der Waals surface area contributed by atoms with Crippen LogP contribution in [0.25, 0.3) is 0 Å². The van der Waals surface area contributed by atoms with Crippen LogP contribution in [0.3, 0.4) is 0 Å². The van der Waals surface area contributed by atoms with Crippen LogP contribution in [0.1, 0.15) is 36.8 Å². The highest BCUT2D eigenvalue weighted by Crippen LogP contribution is 2.27. The Kier molecular flexibility index (Phi) is 4.05. The molecule has 1 aliphatic heterocycles. The molecule has 1 fully saturated rings. The Morgan fingerprint density at radius 3 is 2.76 bits per heavy atom. The van der Waals surface area contributed by atoms with Crippen LogP contribution in [0.5, 0.6) is 0 Å². The highest BCUT2D eigenvalue weighted by atomic mass is 19.3. The fourth-order valence-electron chi connectivity index (χ4n) is 2.37. The van der Waals surface area contributed by atoms with E-state index >= 15 is 0 Å². The van der Waals surface area contributed by atoms with Gasteiger partial charge in [0.1, 0.15) is 5.82 Å². The lowest BCUT2D eigenvalue weighted by Gasteiger charge is -2.24. The summed E-state index contributed by atoms with van der Waals surface area (Å²) in [6.45, 7) is 0.921. The van der Waals surface area contributed by atoms with Gasteiger partial charge in [-0.2, -0.15) is 0 Å². The number of piperidine rings is 1. The minimum atomic E-state index is -2.74. The first-order valence-corrected chi connectivity index (χ1v) is 5.97. The lowest BCUT2D eigenvalue weighted by atomic mass is 9.95. The highest BCUT2D eigenvalue weighted by Gasteiger charge is 2.21. The number of hydrogen-bond acceptors (Lipinski definition) is 1.